The van der Waals surface area contributed by atoms with Crippen LogP contribution in [-0.4, -0.2) is 21.7 Å². The number of para-hydroxylation sites is 1. The van der Waals surface area contributed by atoms with Gasteiger partial charge in [0.1, 0.15) is 0 Å². The van der Waals surface area contributed by atoms with Crippen LogP contribution in [0, 0.1) is 37.5 Å². The van der Waals surface area contributed by atoms with E-state index in [1.165, 1.54) is 32.1 Å². The molecule has 4 aliphatic rings. The van der Waals surface area contributed by atoms with Gasteiger partial charge in [0, 0.05) is 17.3 Å². The first kappa shape index (κ1) is 17.0. The Morgan fingerprint density at radius 1 is 1.04 bits per heavy atom. The summed E-state index contributed by atoms with van der Waals surface area (Å²) in [6, 6.07) is 10.6. The van der Waals surface area contributed by atoms with E-state index in [-0.39, 0.29) is 5.91 Å². The lowest BCUT2D eigenvalue weighted by Crippen LogP contribution is -2.56. The molecule has 27 heavy (non-hydrogen) atoms. The van der Waals surface area contributed by atoms with Gasteiger partial charge in [-0.2, -0.15) is 5.10 Å². The number of aryl methyl sites for hydroxylation is 1. The maximum Gasteiger partial charge on any atom is 0.224 e. The number of carbonyl (C=O) groups is 1. The van der Waals surface area contributed by atoms with E-state index in [1.54, 1.807) is 0 Å². The third-order valence-corrected chi connectivity index (χ3v) is 7.33. The first-order valence-electron chi connectivity index (χ1n) is 10.5. The zero-order valence-corrected chi connectivity index (χ0v) is 16.3. The lowest BCUT2D eigenvalue weighted by Gasteiger charge is -2.54. The summed E-state index contributed by atoms with van der Waals surface area (Å²) in [7, 11) is 0. The minimum absolute atomic E-state index is 0.172. The van der Waals surface area contributed by atoms with Gasteiger partial charge in [-0.15, -0.1) is 0 Å². The molecular formula is C23H29N3O. The third-order valence-electron chi connectivity index (χ3n) is 7.33. The highest BCUT2D eigenvalue weighted by Gasteiger charge is 2.48. The molecule has 0 saturated heterocycles. The largest absolute Gasteiger partial charge is 0.353 e. The number of nitrogens with one attached hydrogen (secondary N) is 1. The van der Waals surface area contributed by atoms with Crippen molar-refractivity contribution in [1.29, 1.82) is 0 Å². The quantitative estimate of drug-likeness (QED) is 0.893. The summed E-state index contributed by atoms with van der Waals surface area (Å²) < 4.78 is 1.96. The van der Waals surface area contributed by atoms with Crippen molar-refractivity contribution in [3.63, 3.8) is 0 Å². The molecule has 4 aliphatic carbocycles. The van der Waals surface area contributed by atoms with Gasteiger partial charge in [-0.1, -0.05) is 18.2 Å². The summed E-state index contributed by atoms with van der Waals surface area (Å²) in [5.41, 5.74) is 4.14. The van der Waals surface area contributed by atoms with E-state index in [9.17, 15) is 4.79 Å². The van der Waals surface area contributed by atoms with Crippen molar-refractivity contribution >= 4 is 5.91 Å². The fraction of sp³-hybridized carbons (Fsp3) is 0.565. The minimum Gasteiger partial charge on any atom is -0.353 e. The van der Waals surface area contributed by atoms with Gasteiger partial charge < -0.3 is 5.32 Å². The van der Waals surface area contributed by atoms with Gasteiger partial charge in [-0.3, -0.25) is 4.79 Å². The molecule has 4 saturated carbocycles. The van der Waals surface area contributed by atoms with Gasteiger partial charge in [-0.25, -0.2) is 4.68 Å². The Kier molecular flexibility index (Phi) is 4.10. The Labute approximate surface area is 161 Å². The maximum atomic E-state index is 12.9. The van der Waals surface area contributed by atoms with Gasteiger partial charge in [-0.05, 0) is 81.8 Å². The third kappa shape index (κ3) is 2.99. The highest BCUT2D eigenvalue weighted by atomic mass is 16.1. The highest BCUT2D eigenvalue weighted by molar-refractivity contribution is 5.79. The molecule has 4 heteroatoms. The van der Waals surface area contributed by atoms with Crippen LogP contribution in [0.25, 0.3) is 5.69 Å². The fourth-order valence-electron chi connectivity index (χ4n) is 6.31. The maximum absolute atomic E-state index is 12.9. The summed E-state index contributed by atoms with van der Waals surface area (Å²) in [6.45, 7) is 4.08. The number of hydrogen-bond donors (Lipinski definition) is 1. The van der Waals surface area contributed by atoms with Crippen LogP contribution in [0.4, 0.5) is 0 Å². The second kappa shape index (κ2) is 6.50. The van der Waals surface area contributed by atoms with E-state index < -0.39 is 0 Å². The SMILES string of the molecule is Cc1nn(-c2ccccc2)c(C)c1CC(=O)NC1C2CC3CC(C2)CC1C3. The molecule has 4 nitrogen and oxygen atoms in total. The number of rotatable bonds is 4. The van der Waals surface area contributed by atoms with Crippen LogP contribution >= 0.6 is 0 Å². The van der Waals surface area contributed by atoms with Gasteiger partial charge in [0.25, 0.3) is 0 Å². The van der Waals surface area contributed by atoms with Crippen LogP contribution in [0.2, 0.25) is 0 Å². The lowest BCUT2D eigenvalue weighted by molar-refractivity contribution is -0.124. The minimum atomic E-state index is 0.172. The molecule has 0 aliphatic heterocycles. The summed E-state index contributed by atoms with van der Waals surface area (Å²) in [6.07, 6.45) is 7.23. The molecule has 2 aromatic rings. The summed E-state index contributed by atoms with van der Waals surface area (Å²) in [5.74, 6) is 3.49. The first-order valence-corrected chi connectivity index (χ1v) is 10.5. The first-order chi connectivity index (χ1) is 13.1. The molecule has 1 aromatic heterocycles. The molecule has 0 atom stereocenters. The Morgan fingerprint density at radius 3 is 2.30 bits per heavy atom. The van der Waals surface area contributed by atoms with E-state index >= 15 is 0 Å². The number of carbonyl (C=O) groups excluding carboxylic acids is 1. The average Bonchev–Trinajstić information content (AvgIpc) is 2.93. The Morgan fingerprint density at radius 2 is 1.67 bits per heavy atom. The van der Waals surface area contributed by atoms with E-state index in [4.69, 9.17) is 0 Å². The number of hydrogen-bond acceptors (Lipinski definition) is 2. The van der Waals surface area contributed by atoms with Crippen molar-refractivity contribution in [2.24, 2.45) is 23.7 Å². The number of nitrogens with zero attached hydrogens (tertiary/aromatic N) is 2. The molecule has 0 spiro atoms. The molecule has 0 radical (unpaired) electrons. The monoisotopic (exact) mass is 363 g/mol. The molecule has 4 bridgehead atoms. The van der Waals surface area contributed by atoms with Gasteiger partial charge in [0.05, 0.1) is 17.8 Å². The topological polar surface area (TPSA) is 46.9 Å². The Hall–Kier alpha value is -2.10. The summed E-state index contributed by atoms with van der Waals surface area (Å²) in [5, 5.41) is 8.13. The van der Waals surface area contributed by atoms with Crippen molar-refractivity contribution in [3.8, 4) is 5.69 Å². The zero-order valence-electron chi connectivity index (χ0n) is 16.3. The number of benzene rings is 1. The average molecular weight is 364 g/mol. The van der Waals surface area contributed by atoms with Crippen molar-refractivity contribution in [1.82, 2.24) is 15.1 Å². The molecule has 6 rings (SSSR count). The molecule has 0 unspecified atom stereocenters. The van der Waals surface area contributed by atoms with Crippen molar-refractivity contribution in [2.45, 2.75) is 58.4 Å². The van der Waals surface area contributed by atoms with E-state index in [2.05, 4.69) is 29.5 Å². The Bertz CT molecular complexity index is 826. The predicted octanol–water partition coefficient (Wildman–Crippen LogP) is 3.97. The van der Waals surface area contributed by atoms with Crippen LogP contribution in [0.1, 0.15) is 49.1 Å². The highest BCUT2D eigenvalue weighted by Crippen LogP contribution is 2.53. The van der Waals surface area contributed by atoms with Crippen LogP contribution in [0.15, 0.2) is 30.3 Å². The summed E-state index contributed by atoms with van der Waals surface area (Å²) in [4.78, 5) is 12.9. The molecular weight excluding hydrogens is 334 g/mol. The van der Waals surface area contributed by atoms with Crippen molar-refractivity contribution < 1.29 is 4.79 Å². The molecule has 4 fully saturated rings. The standard InChI is InChI=1S/C23H29N3O/c1-14-21(15(2)26(25-14)20-6-4-3-5-7-20)13-22(27)24-23-18-9-16-8-17(11-18)12-19(23)10-16/h3-7,16-19,23H,8-13H2,1-2H3,(H,24,27). The molecule has 1 N–H and O–H groups in total. The number of amides is 1. The van der Waals surface area contributed by atoms with Crippen LogP contribution in [0.5, 0.6) is 0 Å². The fourth-order valence-corrected chi connectivity index (χ4v) is 6.31. The van der Waals surface area contributed by atoms with E-state index in [0.717, 1.165) is 46.3 Å². The predicted molar refractivity (Wildman–Crippen MR) is 106 cm³/mol. The molecule has 1 heterocycles. The molecule has 1 amide bonds. The summed E-state index contributed by atoms with van der Waals surface area (Å²) >= 11 is 0. The zero-order chi connectivity index (χ0) is 18.5. The van der Waals surface area contributed by atoms with Crippen LogP contribution < -0.4 is 5.32 Å². The van der Waals surface area contributed by atoms with Gasteiger partial charge >= 0.3 is 0 Å². The van der Waals surface area contributed by atoms with Crippen molar-refractivity contribution in [3.05, 3.63) is 47.3 Å². The van der Waals surface area contributed by atoms with Crippen LogP contribution in [0.3, 0.4) is 0 Å². The normalized spacial score (nSPS) is 31.3. The second-order valence-corrected chi connectivity index (χ2v) is 9.10. The van der Waals surface area contributed by atoms with Gasteiger partial charge in [0.15, 0.2) is 0 Å². The molecule has 142 valence electrons. The van der Waals surface area contributed by atoms with Gasteiger partial charge in [0.2, 0.25) is 5.91 Å². The van der Waals surface area contributed by atoms with Crippen molar-refractivity contribution in [2.75, 3.05) is 0 Å². The van der Waals surface area contributed by atoms with E-state index in [1.807, 2.05) is 29.8 Å². The smallest absolute Gasteiger partial charge is 0.224 e. The second-order valence-electron chi connectivity index (χ2n) is 9.10. The Balaban J connectivity index is 1.31. The number of aromatic nitrogens is 2. The van der Waals surface area contributed by atoms with E-state index in [0.29, 0.717) is 12.5 Å². The van der Waals surface area contributed by atoms with Crippen LogP contribution in [-0.2, 0) is 11.2 Å². The molecule has 1 aromatic carbocycles. The lowest BCUT2D eigenvalue weighted by atomic mass is 9.54.